The number of benzene rings is 1. The van der Waals surface area contributed by atoms with Crippen molar-refractivity contribution in [3.05, 3.63) is 28.8 Å². The van der Waals surface area contributed by atoms with Crippen molar-refractivity contribution < 1.29 is 19.4 Å². The lowest BCUT2D eigenvalue weighted by Gasteiger charge is -2.17. The molecule has 1 fully saturated rings. The zero-order chi connectivity index (χ0) is 14.7. The van der Waals surface area contributed by atoms with Gasteiger partial charge < -0.3 is 20.5 Å². The molecule has 1 aromatic rings. The highest BCUT2D eigenvalue weighted by Crippen LogP contribution is 2.23. The molecule has 2 amide bonds. The second-order valence-corrected chi connectivity index (χ2v) is 5.01. The number of rotatable bonds is 3. The molecule has 1 saturated heterocycles. The standard InChI is InChI=1S/C13H15ClN2O4/c1-7-9(14)3-2-4-10(7)15-13(19)16-11-6-20-5-8(11)12(17)18/h2-4,8,11H,5-6H2,1H3,(H,17,18)(H2,15,16,19). The Labute approximate surface area is 121 Å². The molecule has 20 heavy (non-hydrogen) atoms. The van der Waals surface area contributed by atoms with Crippen LogP contribution >= 0.6 is 11.6 Å². The molecule has 0 aliphatic carbocycles. The predicted octanol–water partition coefficient (Wildman–Crippen LogP) is 1.87. The van der Waals surface area contributed by atoms with E-state index in [0.717, 1.165) is 5.56 Å². The molecule has 0 spiro atoms. The van der Waals surface area contributed by atoms with Crippen LogP contribution in [0.5, 0.6) is 0 Å². The number of anilines is 1. The summed E-state index contributed by atoms with van der Waals surface area (Å²) in [4.78, 5) is 22.9. The Bertz CT molecular complexity index is 535. The van der Waals surface area contributed by atoms with Gasteiger partial charge in [0.2, 0.25) is 0 Å². The smallest absolute Gasteiger partial charge is 0.319 e. The second-order valence-electron chi connectivity index (χ2n) is 4.60. The first-order chi connectivity index (χ1) is 9.49. The van der Waals surface area contributed by atoms with Crippen LogP contribution < -0.4 is 10.6 Å². The number of halogens is 1. The van der Waals surface area contributed by atoms with Crippen molar-refractivity contribution in [2.75, 3.05) is 18.5 Å². The molecule has 108 valence electrons. The van der Waals surface area contributed by atoms with Crippen molar-refractivity contribution in [1.29, 1.82) is 0 Å². The van der Waals surface area contributed by atoms with Crippen LogP contribution in [0.4, 0.5) is 10.5 Å². The molecular weight excluding hydrogens is 284 g/mol. The highest BCUT2D eigenvalue weighted by atomic mass is 35.5. The number of aliphatic carboxylic acids is 1. The molecule has 3 N–H and O–H groups in total. The number of ether oxygens (including phenoxy) is 1. The van der Waals surface area contributed by atoms with Crippen molar-refractivity contribution in [3.63, 3.8) is 0 Å². The van der Waals surface area contributed by atoms with Gasteiger partial charge in [0.15, 0.2) is 0 Å². The predicted molar refractivity (Wildman–Crippen MR) is 74.1 cm³/mol. The summed E-state index contributed by atoms with van der Waals surface area (Å²) in [6.45, 7) is 2.09. The van der Waals surface area contributed by atoms with E-state index in [4.69, 9.17) is 21.4 Å². The lowest BCUT2D eigenvalue weighted by molar-refractivity contribution is -0.142. The number of carboxylic acids is 1. The molecular formula is C13H15ClN2O4. The maximum absolute atomic E-state index is 11.9. The van der Waals surface area contributed by atoms with Gasteiger partial charge in [0, 0.05) is 10.7 Å². The molecule has 1 aliphatic rings. The number of hydrogen-bond acceptors (Lipinski definition) is 3. The first-order valence-corrected chi connectivity index (χ1v) is 6.50. The number of hydrogen-bond donors (Lipinski definition) is 3. The van der Waals surface area contributed by atoms with Gasteiger partial charge in [-0.25, -0.2) is 4.79 Å². The number of carbonyl (C=O) groups is 2. The topological polar surface area (TPSA) is 87.7 Å². The van der Waals surface area contributed by atoms with E-state index in [-0.39, 0.29) is 13.2 Å². The highest BCUT2D eigenvalue weighted by molar-refractivity contribution is 6.31. The average Bonchev–Trinajstić information content (AvgIpc) is 2.83. The molecule has 0 saturated carbocycles. The summed E-state index contributed by atoms with van der Waals surface area (Å²) in [6.07, 6.45) is 0. The molecule has 1 aromatic carbocycles. The summed E-state index contributed by atoms with van der Waals surface area (Å²) in [6, 6.07) is 4.17. The Balaban J connectivity index is 1.99. The lowest BCUT2D eigenvalue weighted by Crippen LogP contribution is -2.44. The van der Waals surface area contributed by atoms with E-state index in [1.807, 2.05) is 0 Å². The first-order valence-electron chi connectivity index (χ1n) is 6.12. The van der Waals surface area contributed by atoms with Crippen LogP contribution in [0, 0.1) is 12.8 Å². The molecule has 0 bridgehead atoms. The zero-order valence-corrected chi connectivity index (χ0v) is 11.6. The van der Waals surface area contributed by atoms with Crippen LogP contribution in [-0.2, 0) is 9.53 Å². The van der Waals surface area contributed by atoms with Gasteiger partial charge in [0.25, 0.3) is 0 Å². The van der Waals surface area contributed by atoms with Crippen LogP contribution in [0.15, 0.2) is 18.2 Å². The summed E-state index contributed by atoms with van der Waals surface area (Å²) < 4.78 is 5.08. The SMILES string of the molecule is Cc1c(Cl)cccc1NC(=O)NC1COCC1C(=O)O. The van der Waals surface area contributed by atoms with E-state index in [0.29, 0.717) is 10.7 Å². The number of carbonyl (C=O) groups excluding carboxylic acids is 1. The first kappa shape index (κ1) is 14.6. The minimum Gasteiger partial charge on any atom is -0.481 e. The van der Waals surface area contributed by atoms with Gasteiger partial charge in [-0.05, 0) is 24.6 Å². The summed E-state index contributed by atoms with van der Waals surface area (Å²) >= 11 is 5.96. The second kappa shape index (κ2) is 6.11. The molecule has 1 heterocycles. The van der Waals surface area contributed by atoms with Crippen LogP contribution in [-0.4, -0.2) is 36.4 Å². The van der Waals surface area contributed by atoms with Crippen LogP contribution in [0.2, 0.25) is 5.02 Å². The Morgan fingerprint density at radius 2 is 2.15 bits per heavy atom. The van der Waals surface area contributed by atoms with Gasteiger partial charge in [0.05, 0.1) is 19.3 Å². The average molecular weight is 299 g/mol. The van der Waals surface area contributed by atoms with E-state index in [2.05, 4.69) is 10.6 Å². The Hall–Kier alpha value is -1.79. The van der Waals surface area contributed by atoms with Gasteiger partial charge in [-0.1, -0.05) is 17.7 Å². The van der Waals surface area contributed by atoms with Crippen LogP contribution in [0.1, 0.15) is 5.56 Å². The molecule has 7 heteroatoms. The maximum Gasteiger partial charge on any atom is 0.319 e. The van der Waals surface area contributed by atoms with Crippen LogP contribution in [0.25, 0.3) is 0 Å². The fourth-order valence-corrected chi connectivity index (χ4v) is 2.18. The van der Waals surface area contributed by atoms with Crippen molar-refractivity contribution in [2.45, 2.75) is 13.0 Å². The Morgan fingerprint density at radius 1 is 1.40 bits per heavy atom. The van der Waals surface area contributed by atoms with Crippen molar-refractivity contribution in [1.82, 2.24) is 5.32 Å². The highest BCUT2D eigenvalue weighted by Gasteiger charge is 2.35. The van der Waals surface area contributed by atoms with Crippen molar-refractivity contribution >= 4 is 29.3 Å². The number of carboxylic acid groups (broad SMARTS) is 1. The Morgan fingerprint density at radius 3 is 2.85 bits per heavy atom. The van der Waals surface area contributed by atoms with E-state index in [1.165, 1.54) is 0 Å². The van der Waals surface area contributed by atoms with E-state index >= 15 is 0 Å². The summed E-state index contributed by atoms with van der Waals surface area (Å²) in [5.41, 5.74) is 1.34. The molecule has 6 nitrogen and oxygen atoms in total. The fraction of sp³-hybridized carbons (Fsp3) is 0.385. The van der Waals surface area contributed by atoms with Crippen molar-refractivity contribution in [3.8, 4) is 0 Å². The summed E-state index contributed by atoms with van der Waals surface area (Å²) in [7, 11) is 0. The molecule has 0 radical (unpaired) electrons. The van der Waals surface area contributed by atoms with Gasteiger partial charge >= 0.3 is 12.0 Å². The number of nitrogens with one attached hydrogen (secondary N) is 2. The molecule has 2 unspecified atom stereocenters. The van der Waals surface area contributed by atoms with E-state index in [1.54, 1.807) is 25.1 Å². The van der Waals surface area contributed by atoms with Gasteiger partial charge in [-0.2, -0.15) is 0 Å². The van der Waals surface area contributed by atoms with Gasteiger partial charge in [-0.3, -0.25) is 4.79 Å². The van der Waals surface area contributed by atoms with Gasteiger partial charge in [-0.15, -0.1) is 0 Å². The molecule has 2 rings (SSSR count). The Kier molecular flexibility index (Phi) is 4.46. The minimum absolute atomic E-state index is 0.108. The van der Waals surface area contributed by atoms with E-state index in [9.17, 15) is 9.59 Å². The third-order valence-electron chi connectivity index (χ3n) is 3.23. The monoisotopic (exact) mass is 298 g/mol. The molecule has 0 aromatic heterocycles. The zero-order valence-electron chi connectivity index (χ0n) is 10.9. The summed E-state index contributed by atoms with van der Waals surface area (Å²) in [5, 5.41) is 14.8. The minimum atomic E-state index is -0.980. The normalized spacial score (nSPS) is 21.5. The van der Waals surface area contributed by atoms with Crippen LogP contribution in [0.3, 0.4) is 0 Å². The maximum atomic E-state index is 11.9. The molecule has 2 atom stereocenters. The summed E-state index contributed by atoms with van der Waals surface area (Å²) in [5.74, 6) is -1.70. The largest absolute Gasteiger partial charge is 0.481 e. The molecule has 1 aliphatic heterocycles. The fourth-order valence-electron chi connectivity index (χ4n) is 2.01. The lowest BCUT2D eigenvalue weighted by atomic mass is 10.0. The quantitative estimate of drug-likeness (QED) is 0.795. The van der Waals surface area contributed by atoms with E-state index < -0.39 is 24.0 Å². The number of urea groups is 1. The number of amides is 2. The van der Waals surface area contributed by atoms with Crippen molar-refractivity contribution in [2.24, 2.45) is 5.92 Å². The third-order valence-corrected chi connectivity index (χ3v) is 3.64. The third kappa shape index (κ3) is 3.20. The van der Waals surface area contributed by atoms with Gasteiger partial charge in [0.1, 0.15) is 5.92 Å².